The summed E-state index contributed by atoms with van der Waals surface area (Å²) in [5.41, 5.74) is -0.480. The molecule has 2 aliphatic carbocycles. The van der Waals surface area contributed by atoms with E-state index >= 15 is 0 Å². The van der Waals surface area contributed by atoms with Crippen molar-refractivity contribution in [3.63, 3.8) is 0 Å². The number of esters is 1. The van der Waals surface area contributed by atoms with Gasteiger partial charge < -0.3 is 14.8 Å². The standard InChI is InChI=1S/C26H47N3O4S/c1-26(2,3)33-25(31)27-17-9-5-8-12-24(30)32-18-19-34-20-21-13-15-23(16-14-21)29-28-22-10-6-4-7-11-22/h21-23H,4-20H2,1-3H3,(H,27,31). The van der Waals surface area contributed by atoms with Crippen LogP contribution in [0.4, 0.5) is 4.79 Å². The van der Waals surface area contributed by atoms with Crippen molar-refractivity contribution >= 4 is 23.8 Å². The molecule has 2 saturated carbocycles. The third kappa shape index (κ3) is 14.2. The fourth-order valence-corrected chi connectivity index (χ4v) is 5.46. The van der Waals surface area contributed by atoms with Gasteiger partial charge in [0.25, 0.3) is 0 Å². The maximum absolute atomic E-state index is 11.9. The Labute approximate surface area is 211 Å². The van der Waals surface area contributed by atoms with Gasteiger partial charge in [0, 0.05) is 18.7 Å². The maximum Gasteiger partial charge on any atom is 0.407 e. The van der Waals surface area contributed by atoms with Crippen LogP contribution in [0.15, 0.2) is 10.2 Å². The molecule has 0 atom stereocenters. The summed E-state index contributed by atoms with van der Waals surface area (Å²) in [6.07, 6.45) is 13.8. The summed E-state index contributed by atoms with van der Waals surface area (Å²) in [4.78, 5) is 23.4. The van der Waals surface area contributed by atoms with Crippen LogP contribution in [-0.4, -0.2) is 54.4 Å². The molecule has 2 rings (SSSR count). The number of hydrogen-bond acceptors (Lipinski definition) is 7. The third-order valence-corrected chi connectivity index (χ3v) is 7.52. The molecule has 2 aliphatic rings. The Hall–Kier alpha value is -1.31. The lowest BCUT2D eigenvalue weighted by atomic mass is 9.88. The number of alkyl carbamates (subject to hydrolysis) is 1. The highest BCUT2D eigenvalue weighted by molar-refractivity contribution is 7.99. The second-order valence-electron chi connectivity index (χ2n) is 10.7. The van der Waals surface area contributed by atoms with Gasteiger partial charge in [0.1, 0.15) is 12.2 Å². The lowest BCUT2D eigenvalue weighted by Crippen LogP contribution is -2.32. The highest BCUT2D eigenvalue weighted by atomic mass is 32.2. The number of unbranched alkanes of at least 4 members (excludes halogenated alkanes) is 2. The first-order chi connectivity index (χ1) is 16.3. The molecule has 34 heavy (non-hydrogen) atoms. The molecule has 0 aromatic heterocycles. The first-order valence-corrected chi connectivity index (χ1v) is 14.6. The van der Waals surface area contributed by atoms with Crippen LogP contribution in [0.5, 0.6) is 0 Å². The highest BCUT2D eigenvalue weighted by Gasteiger charge is 2.21. The average molecular weight is 498 g/mol. The maximum atomic E-state index is 11.9. The van der Waals surface area contributed by atoms with Crippen LogP contribution < -0.4 is 5.32 Å². The van der Waals surface area contributed by atoms with Gasteiger partial charge in [0.05, 0.1) is 12.1 Å². The number of rotatable bonds is 13. The van der Waals surface area contributed by atoms with E-state index in [1.54, 1.807) is 0 Å². The number of thioether (sulfide) groups is 1. The molecule has 0 spiro atoms. The molecule has 0 aromatic carbocycles. The molecule has 1 amide bonds. The van der Waals surface area contributed by atoms with Crippen LogP contribution in [-0.2, 0) is 14.3 Å². The molecular formula is C26H47N3O4S. The Morgan fingerprint density at radius 1 is 0.912 bits per heavy atom. The van der Waals surface area contributed by atoms with E-state index in [-0.39, 0.29) is 5.97 Å². The van der Waals surface area contributed by atoms with Crippen molar-refractivity contribution in [2.75, 3.05) is 24.7 Å². The molecule has 0 radical (unpaired) electrons. The van der Waals surface area contributed by atoms with Gasteiger partial charge in [0.2, 0.25) is 0 Å². The van der Waals surface area contributed by atoms with Gasteiger partial charge >= 0.3 is 12.1 Å². The highest BCUT2D eigenvalue weighted by Crippen LogP contribution is 2.30. The second-order valence-corrected chi connectivity index (χ2v) is 11.9. The van der Waals surface area contributed by atoms with Crippen molar-refractivity contribution in [3.05, 3.63) is 0 Å². The van der Waals surface area contributed by atoms with Gasteiger partial charge in [-0.25, -0.2) is 4.79 Å². The van der Waals surface area contributed by atoms with Crippen molar-refractivity contribution < 1.29 is 19.1 Å². The summed E-state index contributed by atoms with van der Waals surface area (Å²) in [6.45, 7) is 6.58. The molecule has 0 unspecified atom stereocenters. The topological polar surface area (TPSA) is 89.3 Å². The number of azo groups is 1. The van der Waals surface area contributed by atoms with E-state index in [1.165, 1.54) is 57.8 Å². The molecule has 0 saturated heterocycles. The summed E-state index contributed by atoms with van der Waals surface area (Å²) in [7, 11) is 0. The van der Waals surface area contributed by atoms with E-state index in [0.29, 0.717) is 31.7 Å². The normalized spacial score (nSPS) is 22.0. The van der Waals surface area contributed by atoms with E-state index in [1.807, 2.05) is 32.5 Å². The van der Waals surface area contributed by atoms with E-state index in [9.17, 15) is 9.59 Å². The van der Waals surface area contributed by atoms with Crippen molar-refractivity contribution in [3.8, 4) is 0 Å². The van der Waals surface area contributed by atoms with E-state index in [2.05, 4.69) is 15.5 Å². The van der Waals surface area contributed by atoms with Gasteiger partial charge in [-0.1, -0.05) is 25.7 Å². The summed E-state index contributed by atoms with van der Waals surface area (Å²) >= 11 is 1.90. The minimum Gasteiger partial charge on any atom is -0.465 e. The number of amides is 1. The Bertz CT molecular complexity index is 610. The smallest absolute Gasteiger partial charge is 0.407 e. The van der Waals surface area contributed by atoms with Crippen LogP contribution >= 0.6 is 11.8 Å². The van der Waals surface area contributed by atoms with Crippen LogP contribution in [0.25, 0.3) is 0 Å². The van der Waals surface area contributed by atoms with Gasteiger partial charge in [-0.2, -0.15) is 22.0 Å². The largest absolute Gasteiger partial charge is 0.465 e. The Morgan fingerprint density at radius 2 is 1.59 bits per heavy atom. The third-order valence-electron chi connectivity index (χ3n) is 6.35. The van der Waals surface area contributed by atoms with E-state index < -0.39 is 11.7 Å². The van der Waals surface area contributed by atoms with E-state index in [0.717, 1.165) is 36.7 Å². The number of nitrogens with zero attached hydrogens (tertiary/aromatic N) is 2. The molecule has 8 heteroatoms. The molecule has 0 bridgehead atoms. The van der Waals surface area contributed by atoms with Crippen LogP contribution in [0, 0.1) is 5.92 Å². The monoisotopic (exact) mass is 497 g/mol. The zero-order valence-corrected chi connectivity index (χ0v) is 22.5. The minimum absolute atomic E-state index is 0.121. The molecular weight excluding hydrogens is 450 g/mol. The van der Waals surface area contributed by atoms with Gasteiger partial charge in [-0.15, -0.1) is 0 Å². The molecule has 1 N–H and O–H groups in total. The minimum atomic E-state index is -0.480. The van der Waals surface area contributed by atoms with Gasteiger partial charge in [-0.05, 0) is 83.8 Å². The fraction of sp³-hybridized carbons (Fsp3) is 0.923. The van der Waals surface area contributed by atoms with Crippen LogP contribution in [0.2, 0.25) is 0 Å². The van der Waals surface area contributed by atoms with Crippen molar-refractivity contribution in [1.29, 1.82) is 0 Å². The predicted molar refractivity (Wildman–Crippen MR) is 138 cm³/mol. The molecule has 196 valence electrons. The van der Waals surface area contributed by atoms with Gasteiger partial charge in [-0.3, -0.25) is 4.79 Å². The zero-order chi connectivity index (χ0) is 24.7. The lowest BCUT2D eigenvalue weighted by molar-refractivity contribution is -0.143. The van der Waals surface area contributed by atoms with Crippen LogP contribution in [0.3, 0.4) is 0 Å². The first kappa shape index (κ1) is 28.9. The number of carbonyl (C=O) groups excluding carboxylic acids is 2. The summed E-state index contributed by atoms with van der Waals surface area (Å²) < 4.78 is 10.5. The molecule has 0 aromatic rings. The Morgan fingerprint density at radius 3 is 2.26 bits per heavy atom. The summed E-state index contributed by atoms with van der Waals surface area (Å²) in [5, 5.41) is 12.0. The van der Waals surface area contributed by atoms with Gasteiger partial charge in [0.15, 0.2) is 0 Å². The summed E-state index contributed by atoms with van der Waals surface area (Å²) in [6, 6.07) is 0.933. The fourth-order valence-electron chi connectivity index (χ4n) is 4.42. The number of hydrogen-bond donors (Lipinski definition) is 1. The molecule has 0 aliphatic heterocycles. The first-order valence-electron chi connectivity index (χ1n) is 13.4. The molecule has 2 fully saturated rings. The zero-order valence-electron chi connectivity index (χ0n) is 21.7. The van der Waals surface area contributed by atoms with E-state index in [4.69, 9.17) is 9.47 Å². The number of nitrogens with one attached hydrogen (secondary N) is 1. The van der Waals surface area contributed by atoms with Crippen molar-refractivity contribution in [2.45, 2.75) is 122 Å². The average Bonchev–Trinajstić information content (AvgIpc) is 2.80. The quantitative estimate of drug-likeness (QED) is 0.174. The SMILES string of the molecule is CC(C)(C)OC(=O)NCCCCCC(=O)OCCSCC1CCC(N=NC2CCCCC2)CC1. The van der Waals surface area contributed by atoms with Crippen molar-refractivity contribution in [2.24, 2.45) is 16.1 Å². The number of ether oxygens (including phenoxy) is 2. The lowest BCUT2D eigenvalue weighted by Gasteiger charge is -2.26. The predicted octanol–water partition coefficient (Wildman–Crippen LogP) is 6.69. The second kappa shape index (κ2) is 16.4. The molecule has 7 nitrogen and oxygen atoms in total. The Balaban J connectivity index is 1.38. The molecule has 0 heterocycles. The summed E-state index contributed by atoms with van der Waals surface area (Å²) in [5.74, 6) is 2.65. The van der Waals surface area contributed by atoms with Crippen molar-refractivity contribution in [1.82, 2.24) is 5.32 Å². The van der Waals surface area contributed by atoms with Crippen LogP contribution in [0.1, 0.15) is 104 Å². The number of carbonyl (C=O) groups is 2. The Kier molecular flexibility index (Phi) is 13.9.